The maximum absolute atomic E-state index is 13.7. The summed E-state index contributed by atoms with van der Waals surface area (Å²) in [6.45, 7) is 10.7. The smallest absolute Gasteiger partial charge is 0.123 e. The Morgan fingerprint density at radius 3 is 2.31 bits per heavy atom. The number of benzene rings is 2. The first-order valence-electron chi connectivity index (χ1n) is 10.5. The number of hydrogen-bond acceptors (Lipinski definition) is 1. The average Bonchev–Trinajstić information content (AvgIpc) is 2.70. The molecule has 2 heteroatoms. The lowest BCUT2D eigenvalue weighted by molar-refractivity contribution is 0.628. The molecule has 2 aromatic carbocycles. The molecule has 0 amide bonds. The lowest BCUT2D eigenvalue weighted by Gasteiger charge is -2.22. The van der Waals surface area contributed by atoms with E-state index in [1.54, 1.807) is 12.1 Å². The molecule has 0 aliphatic rings. The maximum atomic E-state index is 13.7. The van der Waals surface area contributed by atoms with Crippen molar-refractivity contribution in [2.24, 2.45) is 0 Å². The van der Waals surface area contributed by atoms with Gasteiger partial charge in [0.05, 0.1) is 5.69 Å². The monoisotopic (exact) mass is 387 g/mol. The summed E-state index contributed by atoms with van der Waals surface area (Å²) in [7, 11) is 0. The van der Waals surface area contributed by atoms with E-state index < -0.39 is 0 Å². The molecular weight excluding hydrogens is 357 g/mol. The summed E-state index contributed by atoms with van der Waals surface area (Å²) in [5.41, 5.74) is 9.09. The van der Waals surface area contributed by atoms with Crippen molar-refractivity contribution in [1.29, 1.82) is 0 Å². The lowest BCUT2D eigenvalue weighted by atomic mass is 9.84. The maximum Gasteiger partial charge on any atom is 0.123 e. The molecule has 0 aliphatic carbocycles. The highest BCUT2D eigenvalue weighted by Crippen LogP contribution is 2.41. The van der Waals surface area contributed by atoms with Crippen LogP contribution < -0.4 is 0 Å². The van der Waals surface area contributed by atoms with Crippen molar-refractivity contribution < 1.29 is 4.39 Å². The van der Waals surface area contributed by atoms with Crippen LogP contribution in [0.1, 0.15) is 62.5 Å². The van der Waals surface area contributed by atoms with Crippen LogP contribution in [0, 0.1) is 12.7 Å². The van der Waals surface area contributed by atoms with Gasteiger partial charge >= 0.3 is 0 Å². The lowest BCUT2D eigenvalue weighted by Crippen LogP contribution is -2.06. The van der Waals surface area contributed by atoms with E-state index in [0.29, 0.717) is 5.92 Å². The summed E-state index contributed by atoms with van der Waals surface area (Å²) < 4.78 is 13.7. The van der Waals surface area contributed by atoms with Gasteiger partial charge in [-0.1, -0.05) is 75.7 Å². The summed E-state index contributed by atoms with van der Waals surface area (Å²) in [6, 6.07) is 15.4. The van der Waals surface area contributed by atoms with Crippen molar-refractivity contribution in [3.63, 3.8) is 0 Å². The Morgan fingerprint density at radius 1 is 1.00 bits per heavy atom. The molecule has 3 rings (SSSR count). The molecule has 0 fully saturated rings. The zero-order chi connectivity index (χ0) is 21.0. The fraction of sp³-hybridized carbons (Fsp3) is 0.296. The minimum atomic E-state index is -0.218. The molecule has 0 spiro atoms. The Balaban J connectivity index is 2.45. The van der Waals surface area contributed by atoms with E-state index in [2.05, 4.69) is 64.1 Å². The van der Waals surface area contributed by atoms with Gasteiger partial charge in [-0.2, -0.15) is 0 Å². The quantitative estimate of drug-likeness (QED) is 0.418. The molecule has 0 aliphatic heterocycles. The zero-order valence-corrected chi connectivity index (χ0v) is 18.1. The van der Waals surface area contributed by atoms with Crippen LogP contribution in [0.15, 0.2) is 54.6 Å². The summed E-state index contributed by atoms with van der Waals surface area (Å²) >= 11 is 0. The van der Waals surface area contributed by atoms with Gasteiger partial charge in [-0.3, -0.25) is 4.98 Å². The highest BCUT2D eigenvalue weighted by atomic mass is 19.1. The van der Waals surface area contributed by atoms with E-state index in [1.807, 2.05) is 19.1 Å². The van der Waals surface area contributed by atoms with Gasteiger partial charge < -0.3 is 0 Å². The van der Waals surface area contributed by atoms with Crippen LogP contribution in [-0.4, -0.2) is 4.98 Å². The Labute approximate surface area is 174 Å². The number of rotatable bonds is 6. The minimum absolute atomic E-state index is 0.218. The van der Waals surface area contributed by atoms with Gasteiger partial charge in [-0.25, -0.2) is 4.39 Å². The normalized spacial score (nSPS) is 11.6. The predicted molar refractivity (Wildman–Crippen MR) is 123 cm³/mol. The average molecular weight is 388 g/mol. The van der Waals surface area contributed by atoms with Crippen LogP contribution >= 0.6 is 0 Å². The third-order valence-electron chi connectivity index (χ3n) is 5.26. The number of aryl methyl sites for hydroxylation is 2. The van der Waals surface area contributed by atoms with E-state index in [1.165, 1.54) is 11.1 Å². The number of nitrogens with zero attached hydrogens (tertiary/aromatic N) is 1. The van der Waals surface area contributed by atoms with Crippen molar-refractivity contribution in [3.8, 4) is 22.3 Å². The van der Waals surface area contributed by atoms with Crippen molar-refractivity contribution >= 4 is 6.08 Å². The third-order valence-corrected chi connectivity index (χ3v) is 5.26. The van der Waals surface area contributed by atoms with Crippen LogP contribution in [0.2, 0.25) is 0 Å². The molecule has 1 nitrogen and oxygen atoms in total. The van der Waals surface area contributed by atoms with Gasteiger partial charge in [-0.05, 0) is 55.0 Å². The van der Waals surface area contributed by atoms with Crippen molar-refractivity contribution in [2.45, 2.75) is 53.4 Å². The number of halogens is 1. The first-order valence-corrected chi connectivity index (χ1v) is 10.5. The van der Waals surface area contributed by atoms with Crippen LogP contribution in [-0.2, 0) is 6.42 Å². The van der Waals surface area contributed by atoms with E-state index >= 15 is 0 Å². The summed E-state index contributed by atoms with van der Waals surface area (Å²) in [5, 5.41) is 0. The predicted octanol–water partition coefficient (Wildman–Crippen LogP) is 7.97. The minimum Gasteiger partial charge on any atom is -0.257 e. The molecule has 0 bridgehead atoms. The molecule has 0 atom stereocenters. The number of allylic oxidation sites excluding steroid dienone is 1. The van der Waals surface area contributed by atoms with Crippen LogP contribution in [0.5, 0.6) is 0 Å². The molecule has 1 heterocycles. The van der Waals surface area contributed by atoms with Gasteiger partial charge in [0.1, 0.15) is 5.82 Å². The summed E-state index contributed by atoms with van der Waals surface area (Å²) in [4.78, 5) is 5.05. The Kier molecular flexibility index (Phi) is 6.64. The van der Waals surface area contributed by atoms with Crippen LogP contribution in [0.3, 0.4) is 0 Å². The highest BCUT2D eigenvalue weighted by Gasteiger charge is 2.21. The highest BCUT2D eigenvalue weighted by molar-refractivity contribution is 5.92. The second-order valence-electron chi connectivity index (χ2n) is 7.81. The van der Waals surface area contributed by atoms with E-state index in [-0.39, 0.29) is 5.82 Å². The van der Waals surface area contributed by atoms with Crippen molar-refractivity contribution in [1.82, 2.24) is 4.98 Å². The van der Waals surface area contributed by atoms with Gasteiger partial charge in [0.15, 0.2) is 0 Å². The fourth-order valence-corrected chi connectivity index (χ4v) is 4.01. The molecule has 150 valence electrons. The molecule has 1 aromatic heterocycles. The molecule has 0 saturated heterocycles. The van der Waals surface area contributed by atoms with Gasteiger partial charge in [0.25, 0.3) is 0 Å². The number of pyridine rings is 1. The molecule has 0 saturated carbocycles. The van der Waals surface area contributed by atoms with Gasteiger partial charge in [0, 0.05) is 22.4 Å². The number of hydrogen-bond donors (Lipinski definition) is 0. The second kappa shape index (κ2) is 9.17. The molecule has 0 N–H and O–H groups in total. The van der Waals surface area contributed by atoms with Gasteiger partial charge in [0.2, 0.25) is 0 Å². The molecule has 0 unspecified atom stereocenters. The second-order valence-corrected chi connectivity index (χ2v) is 7.81. The van der Waals surface area contributed by atoms with E-state index in [9.17, 15) is 4.39 Å². The fourth-order valence-electron chi connectivity index (χ4n) is 4.01. The Hall–Kier alpha value is -2.74. The first-order chi connectivity index (χ1) is 14.0. The Morgan fingerprint density at radius 2 is 1.69 bits per heavy atom. The Bertz CT molecular complexity index is 1010. The molecule has 29 heavy (non-hydrogen) atoms. The third kappa shape index (κ3) is 4.32. The SMILES string of the molecule is C/C=C/c1c(C(C)C)nc(C)c(-c2ccccc2CCC)c1-c1ccc(F)cc1. The van der Waals surface area contributed by atoms with E-state index in [4.69, 9.17) is 4.98 Å². The van der Waals surface area contributed by atoms with Gasteiger partial charge in [-0.15, -0.1) is 0 Å². The number of aromatic nitrogens is 1. The largest absolute Gasteiger partial charge is 0.257 e. The zero-order valence-electron chi connectivity index (χ0n) is 18.1. The molecule has 0 radical (unpaired) electrons. The standard InChI is InChI=1S/C27H30FN/c1-6-10-20-12-8-9-13-23(20)25-19(5)29-27(18(3)4)24(11-7-2)26(25)21-14-16-22(28)17-15-21/h7-9,11-18H,6,10H2,1-5H3/b11-7+. The summed E-state index contributed by atoms with van der Waals surface area (Å²) in [5.74, 6) is 0.0724. The molecule has 3 aromatic rings. The van der Waals surface area contributed by atoms with Crippen LogP contribution in [0.4, 0.5) is 4.39 Å². The molecular formula is C27H30FN. The van der Waals surface area contributed by atoms with Crippen LogP contribution in [0.25, 0.3) is 28.3 Å². The van der Waals surface area contributed by atoms with Crippen molar-refractivity contribution in [2.75, 3.05) is 0 Å². The summed E-state index contributed by atoms with van der Waals surface area (Å²) in [6.07, 6.45) is 6.31. The van der Waals surface area contributed by atoms with E-state index in [0.717, 1.165) is 46.5 Å². The first kappa shape index (κ1) is 21.0. The topological polar surface area (TPSA) is 12.9 Å². The van der Waals surface area contributed by atoms with Crippen molar-refractivity contribution in [3.05, 3.63) is 82.9 Å².